The average molecular weight is 292 g/mol. The zero-order valence-corrected chi connectivity index (χ0v) is 11.5. The summed E-state index contributed by atoms with van der Waals surface area (Å²) >= 11 is 5.75. The third kappa shape index (κ3) is 2.65. The molecule has 2 atom stereocenters. The fourth-order valence-corrected chi connectivity index (χ4v) is 2.77. The van der Waals surface area contributed by atoms with Crippen LogP contribution in [0.25, 0.3) is 0 Å². The summed E-state index contributed by atoms with van der Waals surface area (Å²) in [5.74, 6) is -0.239. The molecule has 1 N–H and O–H groups in total. The van der Waals surface area contributed by atoms with E-state index in [2.05, 4.69) is 20.3 Å². The minimum atomic E-state index is -0.239. The molecule has 2 aromatic rings. The molecule has 0 spiro atoms. The predicted octanol–water partition coefficient (Wildman–Crippen LogP) is 1.85. The molecule has 1 aliphatic rings. The summed E-state index contributed by atoms with van der Waals surface area (Å²) in [6.07, 6.45) is 11.3. The minimum Gasteiger partial charge on any atom is -0.346 e. The van der Waals surface area contributed by atoms with Crippen molar-refractivity contribution in [1.82, 2.24) is 24.8 Å². The molecule has 7 heteroatoms. The lowest BCUT2D eigenvalue weighted by Crippen LogP contribution is -2.38. The van der Waals surface area contributed by atoms with Crippen molar-refractivity contribution in [3.05, 3.63) is 42.0 Å². The van der Waals surface area contributed by atoms with Gasteiger partial charge in [0, 0.05) is 18.4 Å². The number of halogens is 1. The smallest absolute Gasteiger partial charge is 0.271 e. The summed E-state index contributed by atoms with van der Waals surface area (Å²) < 4.78 is 2.04. The van der Waals surface area contributed by atoms with Crippen molar-refractivity contribution in [2.75, 3.05) is 0 Å². The van der Waals surface area contributed by atoms with Gasteiger partial charge in [0.15, 0.2) is 0 Å². The minimum absolute atomic E-state index is 0.0810. The molecule has 0 bridgehead atoms. The molecule has 0 aromatic carbocycles. The highest BCUT2D eigenvalue weighted by atomic mass is 35.5. The van der Waals surface area contributed by atoms with E-state index in [0.29, 0.717) is 0 Å². The van der Waals surface area contributed by atoms with E-state index < -0.39 is 0 Å². The molecule has 2 heterocycles. The predicted molar refractivity (Wildman–Crippen MR) is 73.4 cm³/mol. The first-order chi connectivity index (χ1) is 9.74. The van der Waals surface area contributed by atoms with Crippen LogP contribution in [0.1, 0.15) is 35.8 Å². The van der Waals surface area contributed by atoms with Gasteiger partial charge in [-0.1, -0.05) is 11.6 Å². The van der Waals surface area contributed by atoms with Gasteiger partial charge in [0.1, 0.15) is 10.8 Å². The van der Waals surface area contributed by atoms with Crippen LogP contribution in [-0.4, -0.2) is 31.5 Å². The second-order valence-corrected chi connectivity index (χ2v) is 5.20. The molecule has 1 aliphatic carbocycles. The second kappa shape index (κ2) is 5.58. The summed E-state index contributed by atoms with van der Waals surface area (Å²) in [4.78, 5) is 24.1. The first kappa shape index (κ1) is 13.1. The Morgan fingerprint density at radius 3 is 3.00 bits per heavy atom. The van der Waals surface area contributed by atoms with Gasteiger partial charge in [0.2, 0.25) is 0 Å². The summed E-state index contributed by atoms with van der Waals surface area (Å²) in [6.45, 7) is 0. The molecule has 20 heavy (non-hydrogen) atoms. The number of nitrogens with one attached hydrogen (secondary N) is 1. The third-order valence-corrected chi connectivity index (χ3v) is 3.72. The zero-order valence-electron chi connectivity index (χ0n) is 10.7. The molecule has 2 aromatic heterocycles. The lowest BCUT2D eigenvalue weighted by atomic mass is 10.1. The van der Waals surface area contributed by atoms with E-state index >= 15 is 0 Å². The quantitative estimate of drug-likeness (QED) is 0.937. The number of rotatable bonds is 3. The number of carbonyl (C=O) groups excluding carboxylic acids is 1. The van der Waals surface area contributed by atoms with Crippen molar-refractivity contribution in [3.8, 4) is 0 Å². The zero-order chi connectivity index (χ0) is 13.9. The normalized spacial score (nSPS) is 21.9. The van der Waals surface area contributed by atoms with Crippen molar-refractivity contribution in [1.29, 1.82) is 0 Å². The maximum atomic E-state index is 12.2. The molecule has 0 aliphatic heterocycles. The molecule has 0 radical (unpaired) electrons. The number of hydrogen-bond donors (Lipinski definition) is 1. The van der Waals surface area contributed by atoms with E-state index in [-0.39, 0.29) is 28.8 Å². The van der Waals surface area contributed by atoms with Crippen molar-refractivity contribution < 1.29 is 4.79 Å². The molecule has 0 saturated heterocycles. The van der Waals surface area contributed by atoms with Gasteiger partial charge in [-0.3, -0.25) is 9.78 Å². The molecule has 1 saturated carbocycles. The highest BCUT2D eigenvalue weighted by Gasteiger charge is 2.30. The maximum absolute atomic E-state index is 12.2. The Balaban J connectivity index is 1.72. The highest BCUT2D eigenvalue weighted by Crippen LogP contribution is 2.30. The Bertz CT molecular complexity index is 601. The Kier molecular flexibility index (Phi) is 3.64. The van der Waals surface area contributed by atoms with Crippen LogP contribution in [0.4, 0.5) is 0 Å². The van der Waals surface area contributed by atoms with E-state index in [1.165, 1.54) is 12.4 Å². The topological polar surface area (TPSA) is 72.7 Å². The molecular weight excluding hydrogens is 278 g/mol. The molecule has 3 rings (SSSR count). The Morgan fingerprint density at radius 1 is 1.35 bits per heavy atom. The molecule has 104 valence electrons. The number of carbonyl (C=O) groups is 1. The Labute approximate surface area is 121 Å². The van der Waals surface area contributed by atoms with Crippen LogP contribution >= 0.6 is 11.6 Å². The summed E-state index contributed by atoms with van der Waals surface area (Å²) in [6, 6.07) is 0.325. The van der Waals surface area contributed by atoms with Crippen molar-refractivity contribution in [3.63, 3.8) is 0 Å². The standard InChI is InChI=1S/C13H14ClN5O/c14-12-7-16-6-10(17-12)13(20)18-9-2-1-3-11(9)19-5-4-15-8-19/h4-9,11H,1-3H2,(H,18,20). The van der Waals surface area contributed by atoms with Gasteiger partial charge in [0.25, 0.3) is 5.91 Å². The van der Waals surface area contributed by atoms with Crippen LogP contribution in [-0.2, 0) is 0 Å². The average Bonchev–Trinajstić information content (AvgIpc) is 3.08. The summed E-state index contributed by atoms with van der Waals surface area (Å²) in [5.41, 5.74) is 0.244. The lowest BCUT2D eigenvalue weighted by molar-refractivity contribution is 0.0923. The van der Waals surface area contributed by atoms with Crippen molar-refractivity contribution in [2.45, 2.75) is 31.3 Å². The van der Waals surface area contributed by atoms with Gasteiger partial charge in [-0.05, 0) is 19.3 Å². The molecular formula is C13H14ClN5O. The second-order valence-electron chi connectivity index (χ2n) is 4.82. The van der Waals surface area contributed by atoms with E-state index in [1.54, 1.807) is 12.5 Å². The largest absolute Gasteiger partial charge is 0.346 e. The number of amides is 1. The van der Waals surface area contributed by atoms with Crippen LogP contribution in [0.2, 0.25) is 5.15 Å². The SMILES string of the molecule is O=C(NC1CCCC1n1ccnc1)c1cncc(Cl)n1. The molecule has 2 unspecified atom stereocenters. The van der Waals surface area contributed by atoms with Gasteiger partial charge in [0.05, 0.1) is 24.8 Å². The van der Waals surface area contributed by atoms with E-state index in [4.69, 9.17) is 11.6 Å². The van der Waals surface area contributed by atoms with Crippen LogP contribution in [0, 0.1) is 0 Å². The number of imidazole rings is 1. The first-order valence-corrected chi connectivity index (χ1v) is 6.87. The van der Waals surface area contributed by atoms with E-state index in [1.807, 2.05) is 10.8 Å². The Morgan fingerprint density at radius 2 is 2.25 bits per heavy atom. The summed E-state index contributed by atoms with van der Waals surface area (Å²) in [7, 11) is 0. The molecule has 1 amide bonds. The van der Waals surface area contributed by atoms with Crippen LogP contribution in [0.15, 0.2) is 31.1 Å². The van der Waals surface area contributed by atoms with Crippen molar-refractivity contribution >= 4 is 17.5 Å². The van der Waals surface area contributed by atoms with Crippen LogP contribution in [0.5, 0.6) is 0 Å². The molecule has 1 fully saturated rings. The van der Waals surface area contributed by atoms with Crippen molar-refractivity contribution in [2.24, 2.45) is 0 Å². The molecule has 6 nitrogen and oxygen atoms in total. The summed E-state index contributed by atoms with van der Waals surface area (Å²) in [5, 5.41) is 3.23. The maximum Gasteiger partial charge on any atom is 0.271 e. The van der Waals surface area contributed by atoms with Crippen LogP contribution < -0.4 is 5.32 Å². The lowest BCUT2D eigenvalue weighted by Gasteiger charge is -2.21. The third-order valence-electron chi connectivity index (χ3n) is 3.54. The number of aromatic nitrogens is 4. The van der Waals surface area contributed by atoms with E-state index in [0.717, 1.165) is 19.3 Å². The van der Waals surface area contributed by atoms with Gasteiger partial charge in [-0.15, -0.1) is 0 Å². The highest BCUT2D eigenvalue weighted by molar-refractivity contribution is 6.29. The van der Waals surface area contributed by atoms with Gasteiger partial charge >= 0.3 is 0 Å². The monoisotopic (exact) mass is 291 g/mol. The number of hydrogen-bond acceptors (Lipinski definition) is 4. The van der Waals surface area contributed by atoms with Gasteiger partial charge < -0.3 is 9.88 Å². The fraction of sp³-hybridized carbons (Fsp3) is 0.385. The first-order valence-electron chi connectivity index (χ1n) is 6.50. The van der Waals surface area contributed by atoms with Crippen LogP contribution in [0.3, 0.4) is 0 Å². The van der Waals surface area contributed by atoms with Gasteiger partial charge in [-0.25, -0.2) is 9.97 Å². The van der Waals surface area contributed by atoms with Gasteiger partial charge in [-0.2, -0.15) is 0 Å². The Hall–Kier alpha value is -1.95. The fourth-order valence-electron chi connectivity index (χ4n) is 2.63. The van der Waals surface area contributed by atoms with E-state index in [9.17, 15) is 4.79 Å². The number of nitrogens with zero attached hydrogens (tertiary/aromatic N) is 4.